The van der Waals surface area contributed by atoms with Crippen LogP contribution in [0.5, 0.6) is 0 Å². The smallest absolute Gasteiger partial charge is 0.226 e. The van der Waals surface area contributed by atoms with Crippen LogP contribution in [0.1, 0.15) is 50.7 Å². The Morgan fingerprint density at radius 1 is 1.21 bits per heavy atom. The lowest BCUT2D eigenvalue weighted by atomic mass is 9.96. The van der Waals surface area contributed by atoms with Gasteiger partial charge in [0, 0.05) is 38.3 Å². The second-order valence-electron chi connectivity index (χ2n) is 6.54. The molecule has 2 aliphatic rings. The fourth-order valence-electron chi connectivity index (χ4n) is 3.34. The van der Waals surface area contributed by atoms with Crippen LogP contribution < -0.4 is 0 Å². The second-order valence-corrected chi connectivity index (χ2v) is 6.54. The molecule has 7 nitrogen and oxygen atoms in total. The summed E-state index contributed by atoms with van der Waals surface area (Å²) in [5.74, 6) is 2.04. The van der Waals surface area contributed by atoms with E-state index in [4.69, 9.17) is 14.0 Å². The van der Waals surface area contributed by atoms with Crippen molar-refractivity contribution in [2.75, 3.05) is 26.3 Å². The molecule has 0 spiro atoms. The summed E-state index contributed by atoms with van der Waals surface area (Å²) < 4.78 is 16.3. The highest BCUT2D eigenvalue weighted by Gasteiger charge is 2.31. The van der Waals surface area contributed by atoms with E-state index in [1.54, 1.807) is 0 Å². The first-order valence-electron chi connectivity index (χ1n) is 9.08. The molecule has 3 rings (SSSR count). The number of piperidine rings is 1. The Kier molecular flexibility index (Phi) is 6.20. The summed E-state index contributed by atoms with van der Waals surface area (Å²) in [6.07, 6.45) is 5.66. The van der Waals surface area contributed by atoms with Crippen LogP contribution in [0.2, 0.25) is 0 Å². The average molecular weight is 337 g/mol. The number of amides is 1. The molecular formula is C17H27N3O4. The van der Waals surface area contributed by atoms with Crippen molar-refractivity contribution in [1.82, 2.24) is 15.0 Å². The number of nitrogens with zero attached hydrogens (tertiary/aromatic N) is 3. The first kappa shape index (κ1) is 17.4. The van der Waals surface area contributed by atoms with Gasteiger partial charge in [-0.1, -0.05) is 12.1 Å². The maximum atomic E-state index is 12.3. The topological polar surface area (TPSA) is 77.7 Å². The van der Waals surface area contributed by atoms with Gasteiger partial charge in [0.2, 0.25) is 11.8 Å². The minimum atomic E-state index is -0.0582. The Hall–Kier alpha value is -1.47. The number of carbonyl (C=O) groups is 1. The molecule has 3 heterocycles. The highest BCUT2D eigenvalue weighted by Crippen LogP contribution is 2.26. The number of hydrogen-bond acceptors (Lipinski definition) is 6. The molecule has 0 radical (unpaired) electrons. The summed E-state index contributed by atoms with van der Waals surface area (Å²) in [5.41, 5.74) is 0. The second kappa shape index (κ2) is 8.58. The monoisotopic (exact) mass is 337 g/mol. The summed E-state index contributed by atoms with van der Waals surface area (Å²) in [4.78, 5) is 18.6. The molecular weight excluding hydrogens is 310 g/mol. The predicted octanol–water partition coefficient (Wildman–Crippen LogP) is 1.96. The average Bonchev–Trinajstić information content (AvgIpc) is 3.27. The zero-order chi connectivity index (χ0) is 16.8. The molecule has 1 aromatic heterocycles. The van der Waals surface area contributed by atoms with E-state index in [2.05, 4.69) is 17.1 Å². The fraction of sp³-hybridized carbons (Fsp3) is 0.824. The Labute approximate surface area is 142 Å². The van der Waals surface area contributed by atoms with Gasteiger partial charge in [-0.2, -0.15) is 4.98 Å². The van der Waals surface area contributed by atoms with E-state index < -0.39 is 0 Å². The third-order valence-electron chi connectivity index (χ3n) is 4.69. The van der Waals surface area contributed by atoms with Crippen molar-refractivity contribution in [3.05, 3.63) is 11.7 Å². The molecule has 24 heavy (non-hydrogen) atoms. The Morgan fingerprint density at radius 3 is 2.67 bits per heavy atom. The van der Waals surface area contributed by atoms with E-state index in [-0.39, 0.29) is 12.2 Å². The van der Waals surface area contributed by atoms with Crippen LogP contribution in [0.25, 0.3) is 0 Å². The van der Waals surface area contributed by atoms with Crippen LogP contribution in [-0.2, 0) is 27.1 Å². The zero-order valence-corrected chi connectivity index (χ0v) is 14.4. The quantitative estimate of drug-likeness (QED) is 0.757. The van der Waals surface area contributed by atoms with Gasteiger partial charge >= 0.3 is 0 Å². The maximum Gasteiger partial charge on any atom is 0.226 e. The summed E-state index contributed by atoms with van der Waals surface area (Å²) in [6.45, 7) is 5.07. The largest absolute Gasteiger partial charge is 0.350 e. The van der Waals surface area contributed by atoms with Gasteiger partial charge in [-0.25, -0.2) is 0 Å². The lowest BCUT2D eigenvalue weighted by Crippen LogP contribution is -2.41. The van der Waals surface area contributed by atoms with E-state index >= 15 is 0 Å². The molecule has 1 amide bonds. The highest BCUT2D eigenvalue weighted by atomic mass is 16.7. The molecule has 0 saturated carbocycles. The molecule has 2 saturated heterocycles. The Balaban J connectivity index is 1.35. The molecule has 0 atom stereocenters. The lowest BCUT2D eigenvalue weighted by molar-refractivity contribution is -0.136. The Bertz CT molecular complexity index is 520. The van der Waals surface area contributed by atoms with Crippen LogP contribution in [0.3, 0.4) is 0 Å². The molecule has 0 bridgehead atoms. The molecule has 0 aromatic carbocycles. The highest BCUT2D eigenvalue weighted by molar-refractivity contribution is 5.76. The van der Waals surface area contributed by atoms with Crippen molar-refractivity contribution in [1.29, 1.82) is 0 Å². The summed E-state index contributed by atoms with van der Waals surface area (Å²) >= 11 is 0. The third-order valence-corrected chi connectivity index (χ3v) is 4.69. The first-order chi connectivity index (χ1) is 11.8. The third kappa shape index (κ3) is 4.54. The van der Waals surface area contributed by atoms with Gasteiger partial charge in [-0.3, -0.25) is 4.79 Å². The van der Waals surface area contributed by atoms with Gasteiger partial charge in [0.1, 0.15) is 0 Å². The van der Waals surface area contributed by atoms with Gasteiger partial charge in [-0.15, -0.1) is 0 Å². The van der Waals surface area contributed by atoms with Crippen LogP contribution in [0, 0.1) is 5.92 Å². The van der Waals surface area contributed by atoms with Gasteiger partial charge in [-0.05, 0) is 25.7 Å². The molecule has 0 unspecified atom stereocenters. The van der Waals surface area contributed by atoms with E-state index in [0.717, 1.165) is 51.0 Å². The number of aromatic nitrogens is 2. The molecule has 2 fully saturated rings. The SMILES string of the molecule is CCCc1noc(CCCC(=O)N2CCC(C3OCCO3)CC2)n1. The summed E-state index contributed by atoms with van der Waals surface area (Å²) in [6, 6.07) is 0. The number of likely N-dealkylation sites (tertiary alicyclic amines) is 1. The van der Waals surface area contributed by atoms with E-state index in [1.165, 1.54) is 0 Å². The molecule has 0 aliphatic carbocycles. The van der Waals surface area contributed by atoms with Crippen LogP contribution >= 0.6 is 0 Å². The predicted molar refractivity (Wildman–Crippen MR) is 86.2 cm³/mol. The normalized spacial score (nSPS) is 20.0. The minimum absolute atomic E-state index is 0.0582. The number of hydrogen-bond donors (Lipinski definition) is 0. The van der Waals surface area contributed by atoms with Gasteiger partial charge in [0.05, 0.1) is 13.2 Å². The van der Waals surface area contributed by atoms with Crippen molar-refractivity contribution in [3.63, 3.8) is 0 Å². The standard InChI is InChI=1S/C17H27N3O4/c1-2-4-14-18-15(24-19-14)5-3-6-16(21)20-9-7-13(8-10-20)17-22-11-12-23-17/h13,17H,2-12H2,1H3. The fourth-order valence-corrected chi connectivity index (χ4v) is 3.34. The summed E-state index contributed by atoms with van der Waals surface area (Å²) in [5, 5.41) is 3.93. The van der Waals surface area contributed by atoms with Crippen LogP contribution in [0.4, 0.5) is 0 Å². The maximum absolute atomic E-state index is 12.3. The zero-order valence-electron chi connectivity index (χ0n) is 14.4. The molecule has 2 aliphatic heterocycles. The number of carbonyl (C=O) groups excluding carboxylic acids is 1. The van der Waals surface area contributed by atoms with Crippen molar-refractivity contribution >= 4 is 5.91 Å². The number of rotatable bonds is 7. The molecule has 1 aromatic rings. The van der Waals surface area contributed by atoms with Crippen LogP contribution in [-0.4, -0.2) is 53.5 Å². The van der Waals surface area contributed by atoms with E-state index in [1.807, 2.05) is 4.90 Å². The summed E-state index contributed by atoms with van der Waals surface area (Å²) in [7, 11) is 0. The minimum Gasteiger partial charge on any atom is -0.350 e. The van der Waals surface area contributed by atoms with E-state index in [9.17, 15) is 4.79 Å². The molecule has 7 heteroatoms. The molecule has 134 valence electrons. The van der Waals surface area contributed by atoms with Crippen molar-refractivity contribution in [3.8, 4) is 0 Å². The molecule has 0 N–H and O–H groups in total. The lowest BCUT2D eigenvalue weighted by Gasteiger charge is -2.33. The van der Waals surface area contributed by atoms with Crippen molar-refractivity contribution in [2.45, 2.75) is 58.2 Å². The van der Waals surface area contributed by atoms with E-state index in [0.29, 0.717) is 37.9 Å². The Morgan fingerprint density at radius 2 is 1.96 bits per heavy atom. The first-order valence-corrected chi connectivity index (χ1v) is 9.08. The number of aryl methyl sites for hydroxylation is 2. The van der Waals surface area contributed by atoms with Crippen molar-refractivity contribution in [2.24, 2.45) is 5.92 Å². The van der Waals surface area contributed by atoms with Crippen LogP contribution in [0.15, 0.2) is 4.52 Å². The van der Waals surface area contributed by atoms with Gasteiger partial charge < -0.3 is 18.9 Å². The van der Waals surface area contributed by atoms with Gasteiger partial charge in [0.25, 0.3) is 0 Å². The van der Waals surface area contributed by atoms with Crippen molar-refractivity contribution < 1.29 is 18.8 Å². The van der Waals surface area contributed by atoms with Gasteiger partial charge in [0.15, 0.2) is 12.1 Å². The number of ether oxygens (including phenoxy) is 2.